The second-order valence-corrected chi connectivity index (χ2v) is 13.4. The lowest BCUT2D eigenvalue weighted by Gasteiger charge is -2.45. The fourth-order valence-electron chi connectivity index (χ4n) is 7.87. The van der Waals surface area contributed by atoms with Gasteiger partial charge in [-0.25, -0.2) is 4.79 Å². The van der Waals surface area contributed by atoms with Crippen LogP contribution in [0.25, 0.3) is 11.0 Å². The van der Waals surface area contributed by atoms with E-state index in [-0.39, 0.29) is 5.56 Å². The highest BCUT2D eigenvalue weighted by Crippen LogP contribution is 2.58. The van der Waals surface area contributed by atoms with E-state index in [1.807, 2.05) is 36.4 Å². The van der Waals surface area contributed by atoms with Gasteiger partial charge in [0.05, 0.1) is 0 Å². The molecular weight excluding hydrogens is 671 g/mol. The van der Waals surface area contributed by atoms with Crippen molar-refractivity contribution in [2.45, 2.75) is 47.1 Å². The maximum atomic E-state index is 14.4. The molecule has 0 unspecified atom stereocenters. The number of thiocarbonyl (C=S) groups is 1. The van der Waals surface area contributed by atoms with E-state index in [1.165, 1.54) is 0 Å². The fraction of sp³-hybridized carbons (Fsp3) is 0.310. The predicted octanol–water partition coefficient (Wildman–Crippen LogP) is 8.07. The first-order chi connectivity index (χ1) is 25.2. The zero-order valence-electron chi connectivity index (χ0n) is 30.7. The molecule has 7 rings (SSSR count). The molecule has 4 aromatic carbocycles. The second kappa shape index (κ2) is 14.0. The van der Waals surface area contributed by atoms with E-state index in [0.29, 0.717) is 27.5 Å². The van der Waals surface area contributed by atoms with E-state index < -0.39 is 17.1 Å². The van der Waals surface area contributed by atoms with Crippen molar-refractivity contribution in [1.29, 1.82) is 0 Å². The van der Waals surface area contributed by atoms with Gasteiger partial charge in [0.15, 0.2) is 0 Å². The fourth-order valence-corrected chi connectivity index (χ4v) is 8.23. The minimum Gasteiger partial charge on any atom is -0.456 e. The summed E-state index contributed by atoms with van der Waals surface area (Å²) < 4.78 is 12.6. The van der Waals surface area contributed by atoms with Crippen molar-refractivity contribution in [3.05, 3.63) is 123 Å². The summed E-state index contributed by atoms with van der Waals surface area (Å²) in [5.74, 6) is 0.718. The minimum absolute atomic E-state index is 0.113. The zero-order chi connectivity index (χ0) is 36.7. The van der Waals surface area contributed by atoms with Crippen LogP contribution in [0.1, 0.15) is 74.2 Å². The van der Waals surface area contributed by atoms with Gasteiger partial charge in [-0.15, -0.1) is 0 Å². The third kappa shape index (κ3) is 5.48. The monoisotopic (exact) mass is 715 g/mol. The topological polar surface area (TPSA) is 81.5 Å². The lowest BCUT2D eigenvalue weighted by Crippen LogP contribution is -2.56. The SMILES string of the molecule is CCN(CC)c1ccc2c(c1)Oc1cc(N(CC)CC)ccc1C21c2ccccc2C(=S)N1NC(=O)c1cc2ccc(N(CC)CC)cc2oc1=O. The Kier molecular flexibility index (Phi) is 9.44. The number of anilines is 3. The maximum absolute atomic E-state index is 14.4. The number of fused-ring (bicyclic) bond motifs is 7. The Labute approximate surface area is 310 Å². The Morgan fingerprint density at radius 1 is 0.692 bits per heavy atom. The number of hydrogen-bond donors (Lipinski definition) is 1. The normalized spacial score (nSPS) is 13.7. The van der Waals surface area contributed by atoms with Gasteiger partial charge in [-0.2, -0.15) is 0 Å². The van der Waals surface area contributed by atoms with Gasteiger partial charge >= 0.3 is 5.63 Å². The van der Waals surface area contributed by atoms with E-state index in [4.69, 9.17) is 21.4 Å². The molecule has 5 aromatic rings. The molecule has 0 fully saturated rings. The number of carbonyl (C=O) groups is 1. The smallest absolute Gasteiger partial charge is 0.349 e. The Balaban J connectivity index is 1.41. The molecule has 2 aliphatic rings. The van der Waals surface area contributed by atoms with Crippen LogP contribution in [-0.4, -0.2) is 55.2 Å². The molecular formula is C42H45N5O4S. The van der Waals surface area contributed by atoms with Gasteiger partial charge in [0.1, 0.15) is 33.2 Å². The van der Waals surface area contributed by atoms with Crippen LogP contribution in [-0.2, 0) is 5.54 Å². The molecule has 10 heteroatoms. The third-order valence-corrected chi connectivity index (χ3v) is 11.0. The summed E-state index contributed by atoms with van der Waals surface area (Å²) >= 11 is 6.20. The Morgan fingerprint density at radius 2 is 1.21 bits per heavy atom. The number of rotatable bonds is 11. The summed E-state index contributed by atoms with van der Waals surface area (Å²) in [6, 6.07) is 27.8. The van der Waals surface area contributed by atoms with Gasteiger partial charge in [0.25, 0.3) is 5.91 Å². The maximum Gasteiger partial charge on any atom is 0.349 e. The van der Waals surface area contributed by atoms with Crippen molar-refractivity contribution in [1.82, 2.24) is 10.4 Å². The standard InChI is InChI=1S/C42H45N5O4S/c1-7-44(8-2)28-18-17-27-23-32(41(49)51-36(27)24-28)39(48)43-47-40(52)31-15-13-14-16-33(31)42(47)34-21-19-29(45(9-3)10-4)25-37(34)50-38-26-30(20-22-35(38)42)46(11-5)12-6/h13-26H,7-12H2,1-6H3,(H,43,48). The van der Waals surface area contributed by atoms with Gasteiger partial charge in [0, 0.05) is 96.6 Å². The predicted molar refractivity (Wildman–Crippen MR) is 213 cm³/mol. The van der Waals surface area contributed by atoms with Crippen LogP contribution >= 0.6 is 12.2 Å². The van der Waals surface area contributed by atoms with Crippen molar-refractivity contribution in [2.24, 2.45) is 0 Å². The van der Waals surface area contributed by atoms with E-state index in [1.54, 1.807) is 11.1 Å². The van der Waals surface area contributed by atoms with E-state index in [2.05, 4.69) is 104 Å². The van der Waals surface area contributed by atoms with Gasteiger partial charge in [-0.3, -0.25) is 15.2 Å². The lowest BCUT2D eigenvalue weighted by molar-refractivity contribution is 0.0802. The van der Waals surface area contributed by atoms with Crippen molar-refractivity contribution >= 4 is 51.1 Å². The van der Waals surface area contributed by atoms with Crippen molar-refractivity contribution in [3.8, 4) is 11.5 Å². The average molecular weight is 716 g/mol. The lowest BCUT2D eigenvalue weighted by atomic mass is 9.75. The molecule has 268 valence electrons. The summed E-state index contributed by atoms with van der Waals surface area (Å²) in [5, 5.41) is 2.40. The Bertz CT molecular complexity index is 2180. The molecule has 0 bridgehead atoms. The van der Waals surface area contributed by atoms with Crippen LogP contribution in [0.3, 0.4) is 0 Å². The number of ether oxygens (including phenoxy) is 1. The number of carbonyl (C=O) groups excluding carboxylic acids is 1. The number of nitrogens with zero attached hydrogens (tertiary/aromatic N) is 4. The van der Waals surface area contributed by atoms with Gasteiger partial charge in [-0.1, -0.05) is 48.6 Å². The number of benzene rings is 4. The minimum atomic E-state index is -1.11. The first-order valence-electron chi connectivity index (χ1n) is 18.3. The van der Waals surface area contributed by atoms with E-state index >= 15 is 0 Å². The summed E-state index contributed by atoms with van der Waals surface area (Å²) in [6.07, 6.45) is 0. The molecule has 1 aromatic heterocycles. The molecule has 1 amide bonds. The molecule has 3 heterocycles. The highest BCUT2D eigenvalue weighted by atomic mass is 32.1. The van der Waals surface area contributed by atoms with Crippen molar-refractivity contribution in [3.63, 3.8) is 0 Å². The van der Waals surface area contributed by atoms with Crippen LogP contribution in [0.2, 0.25) is 0 Å². The molecule has 0 aliphatic carbocycles. The molecule has 52 heavy (non-hydrogen) atoms. The van der Waals surface area contributed by atoms with Crippen molar-refractivity contribution in [2.75, 3.05) is 54.0 Å². The number of amides is 1. The first kappa shape index (κ1) is 35.1. The summed E-state index contributed by atoms with van der Waals surface area (Å²) in [6.45, 7) is 17.7. The van der Waals surface area contributed by atoms with Crippen LogP contribution < -0.4 is 30.5 Å². The second-order valence-electron chi connectivity index (χ2n) is 13.0. The molecule has 0 saturated carbocycles. The van der Waals surface area contributed by atoms with E-state index in [9.17, 15) is 9.59 Å². The molecule has 2 aliphatic heterocycles. The van der Waals surface area contributed by atoms with Gasteiger partial charge in [-0.05, 0) is 77.4 Å². The van der Waals surface area contributed by atoms with Gasteiger partial charge < -0.3 is 23.9 Å². The van der Waals surface area contributed by atoms with E-state index in [0.717, 1.165) is 78.6 Å². The summed E-state index contributed by atoms with van der Waals surface area (Å²) in [7, 11) is 0. The summed E-state index contributed by atoms with van der Waals surface area (Å²) in [5.41, 5.74) is 7.99. The Hall–Kier alpha value is -5.35. The Morgan fingerprint density at radius 3 is 1.77 bits per heavy atom. The van der Waals surface area contributed by atoms with Crippen LogP contribution in [0.5, 0.6) is 11.5 Å². The van der Waals surface area contributed by atoms with Crippen LogP contribution in [0.4, 0.5) is 17.1 Å². The van der Waals surface area contributed by atoms with Crippen LogP contribution in [0.15, 0.2) is 94.1 Å². The molecule has 1 spiro atoms. The highest BCUT2D eigenvalue weighted by molar-refractivity contribution is 7.80. The van der Waals surface area contributed by atoms with Gasteiger partial charge in [0.2, 0.25) is 0 Å². The molecule has 9 nitrogen and oxygen atoms in total. The quantitative estimate of drug-likeness (QED) is 0.108. The average Bonchev–Trinajstić information content (AvgIpc) is 3.40. The molecule has 0 radical (unpaired) electrons. The molecule has 1 N–H and O–H groups in total. The number of hydrogen-bond acceptors (Lipinski definition) is 8. The molecule has 0 atom stereocenters. The highest BCUT2D eigenvalue weighted by Gasteiger charge is 2.56. The summed E-state index contributed by atoms with van der Waals surface area (Å²) in [4.78, 5) is 35.1. The number of nitrogens with one attached hydrogen (secondary N) is 1. The molecule has 0 saturated heterocycles. The number of hydrazine groups is 1. The first-order valence-corrected chi connectivity index (χ1v) is 18.7. The zero-order valence-corrected chi connectivity index (χ0v) is 31.5. The van der Waals surface area contributed by atoms with Crippen molar-refractivity contribution < 1.29 is 13.9 Å². The third-order valence-electron chi connectivity index (χ3n) is 10.6. The van der Waals surface area contributed by atoms with Crippen LogP contribution in [0, 0.1) is 0 Å². The largest absolute Gasteiger partial charge is 0.456 e.